The SMILES string of the molecule is COc1ccc(OCc2ccccc2)c(F)c1C(=O)C(=O)O. The summed E-state index contributed by atoms with van der Waals surface area (Å²) < 4.78 is 24.5. The van der Waals surface area contributed by atoms with E-state index in [1.807, 2.05) is 18.2 Å². The molecule has 22 heavy (non-hydrogen) atoms. The molecule has 0 heterocycles. The fourth-order valence-corrected chi connectivity index (χ4v) is 1.87. The molecule has 2 aromatic rings. The molecule has 0 saturated carbocycles. The Kier molecular flexibility index (Phi) is 4.73. The summed E-state index contributed by atoms with van der Waals surface area (Å²) in [6.07, 6.45) is 0. The number of carbonyl (C=O) groups is 2. The van der Waals surface area contributed by atoms with Crippen molar-refractivity contribution in [2.24, 2.45) is 0 Å². The van der Waals surface area contributed by atoms with Gasteiger partial charge < -0.3 is 14.6 Å². The number of carboxylic acids is 1. The van der Waals surface area contributed by atoms with Crippen LogP contribution in [0.15, 0.2) is 42.5 Å². The van der Waals surface area contributed by atoms with E-state index in [-0.39, 0.29) is 18.1 Å². The maximum atomic E-state index is 14.3. The molecule has 0 radical (unpaired) electrons. The second-order valence-electron chi connectivity index (χ2n) is 4.36. The Hall–Kier alpha value is -2.89. The van der Waals surface area contributed by atoms with Gasteiger partial charge in [0.05, 0.1) is 7.11 Å². The average molecular weight is 304 g/mol. The van der Waals surface area contributed by atoms with E-state index in [0.29, 0.717) is 0 Å². The molecule has 114 valence electrons. The van der Waals surface area contributed by atoms with Gasteiger partial charge in [-0.05, 0) is 17.7 Å². The van der Waals surface area contributed by atoms with Gasteiger partial charge in [0, 0.05) is 0 Å². The summed E-state index contributed by atoms with van der Waals surface area (Å²) in [5, 5.41) is 8.77. The third-order valence-corrected chi connectivity index (χ3v) is 2.95. The van der Waals surface area contributed by atoms with E-state index in [2.05, 4.69) is 0 Å². The number of ketones is 1. The maximum Gasteiger partial charge on any atom is 0.377 e. The molecule has 0 spiro atoms. The maximum absolute atomic E-state index is 14.3. The summed E-state index contributed by atoms with van der Waals surface area (Å²) in [6.45, 7) is 0.0881. The Bertz CT molecular complexity index is 697. The molecule has 0 atom stereocenters. The topological polar surface area (TPSA) is 72.8 Å². The fourth-order valence-electron chi connectivity index (χ4n) is 1.87. The minimum atomic E-state index is -1.77. The highest BCUT2D eigenvalue weighted by Crippen LogP contribution is 2.30. The summed E-state index contributed by atoms with van der Waals surface area (Å²) in [4.78, 5) is 22.4. The van der Waals surface area contributed by atoms with Crippen molar-refractivity contribution in [3.05, 3.63) is 59.4 Å². The molecule has 2 aromatic carbocycles. The Labute approximate surface area is 125 Å². The molecule has 6 heteroatoms. The number of Topliss-reactive ketones (excluding diaryl/α,β-unsaturated/α-hetero) is 1. The first-order chi connectivity index (χ1) is 10.5. The van der Waals surface area contributed by atoms with Gasteiger partial charge in [-0.2, -0.15) is 0 Å². The van der Waals surface area contributed by atoms with Gasteiger partial charge in [0.15, 0.2) is 11.6 Å². The molecule has 5 nitrogen and oxygen atoms in total. The van der Waals surface area contributed by atoms with Crippen LogP contribution in [0.3, 0.4) is 0 Å². The molecule has 0 amide bonds. The van der Waals surface area contributed by atoms with Crippen LogP contribution in [0.1, 0.15) is 15.9 Å². The summed E-state index contributed by atoms with van der Waals surface area (Å²) in [7, 11) is 1.22. The molecular weight excluding hydrogens is 291 g/mol. The van der Waals surface area contributed by atoms with Crippen molar-refractivity contribution in [3.63, 3.8) is 0 Å². The second-order valence-corrected chi connectivity index (χ2v) is 4.36. The number of hydrogen-bond donors (Lipinski definition) is 1. The number of hydrogen-bond acceptors (Lipinski definition) is 4. The molecule has 0 aliphatic carbocycles. The van der Waals surface area contributed by atoms with E-state index < -0.39 is 23.1 Å². The lowest BCUT2D eigenvalue weighted by Gasteiger charge is -2.12. The third kappa shape index (κ3) is 3.22. The van der Waals surface area contributed by atoms with Crippen LogP contribution in [0.25, 0.3) is 0 Å². The van der Waals surface area contributed by atoms with Crippen LogP contribution in [-0.4, -0.2) is 24.0 Å². The van der Waals surface area contributed by atoms with Crippen LogP contribution in [-0.2, 0) is 11.4 Å². The number of carbonyl (C=O) groups excluding carboxylic acids is 1. The first kappa shape index (κ1) is 15.5. The Morgan fingerprint density at radius 3 is 2.32 bits per heavy atom. The summed E-state index contributed by atoms with van der Waals surface area (Å²) in [5.41, 5.74) is 0.157. The van der Waals surface area contributed by atoms with Gasteiger partial charge in [0.25, 0.3) is 5.78 Å². The lowest BCUT2D eigenvalue weighted by atomic mass is 10.1. The predicted molar refractivity (Wildman–Crippen MR) is 75.7 cm³/mol. The van der Waals surface area contributed by atoms with Crippen LogP contribution in [0.2, 0.25) is 0 Å². The highest BCUT2D eigenvalue weighted by Gasteiger charge is 2.26. The number of rotatable bonds is 6. The van der Waals surface area contributed by atoms with Crippen LogP contribution < -0.4 is 9.47 Å². The number of aliphatic carboxylic acids is 1. The van der Waals surface area contributed by atoms with Crippen LogP contribution in [0, 0.1) is 5.82 Å². The molecule has 0 unspecified atom stereocenters. The quantitative estimate of drug-likeness (QED) is 0.656. The van der Waals surface area contributed by atoms with Crippen LogP contribution in [0.4, 0.5) is 4.39 Å². The average Bonchev–Trinajstić information content (AvgIpc) is 2.53. The minimum Gasteiger partial charge on any atom is -0.496 e. The van der Waals surface area contributed by atoms with E-state index in [1.165, 1.54) is 19.2 Å². The van der Waals surface area contributed by atoms with Crippen molar-refractivity contribution in [2.45, 2.75) is 6.61 Å². The molecule has 0 fully saturated rings. The Morgan fingerprint density at radius 1 is 1.09 bits per heavy atom. The normalized spacial score (nSPS) is 10.1. The standard InChI is InChI=1S/C16H13FO5/c1-21-11-7-8-12(14(17)13(11)15(18)16(19)20)22-9-10-5-3-2-4-6-10/h2-8H,9H2,1H3,(H,19,20). The monoisotopic (exact) mass is 304 g/mol. The van der Waals surface area contributed by atoms with Crippen LogP contribution >= 0.6 is 0 Å². The van der Waals surface area contributed by atoms with E-state index in [4.69, 9.17) is 14.6 Å². The predicted octanol–water partition coefficient (Wildman–Crippen LogP) is 2.68. The number of carboxylic acid groups (broad SMARTS) is 1. The van der Waals surface area contributed by atoms with Crippen molar-refractivity contribution in [3.8, 4) is 11.5 Å². The van der Waals surface area contributed by atoms with Gasteiger partial charge >= 0.3 is 5.97 Å². The lowest BCUT2D eigenvalue weighted by Crippen LogP contribution is -2.16. The molecule has 1 N–H and O–H groups in total. The van der Waals surface area contributed by atoms with Gasteiger partial charge in [0.2, 0.25) is 0 Å². The largest absolute Gasteiger partial charge is 0.496 e. The van der Waals surface area contributed by atoms with E-state index in [9.17, 15) is 14.0 Å². The lowest BCUT2D eigenvalue weighted by molar-refractivity contribution is -0.131. The Balaban J connectivity index is 2.31. The second kappa shape index (κ2) is 6.71. The highest BCUT2D eigenvalue weighted by atomic mass is 19.1. The zero-order chi connectivity index (χ0) is 16.1. The summed E-state index contributed by atoms with van der Waals surface area (Å²) in [5.74, 6) is -4.58. The molecule has 0 saturated heterocycles. The molecule has 0 bridgehead atoms. The van der Waals surface area contributed by atoms with Crippen molar-refractivity contribution in [2.75, 3.05) is 7.11 Å². The van der Waals surface area contributed by atoms with Crippen molar-refractivity contribution in [1.29, 1.82) is 0 Å². The van der Waals surface area contributed by atoms with Gasteiger partial charge in [-0.1, -0.05) is 30.3 Å². The van der Waals surface area contributed by atoms with Gasteiger partial charge in [-0.25, -0.2) is 9.18 Å². The molecular formula is C16H13FO5. The Morgan fingerprint density at radius 2 is 1.73 bits per heavy atom. The zero-order valence-corrected chi connectivity index (χ0v) is 11.7. The molecule has 0 aliphatic rings. The van der Waals surface area contributed by atoms with Gasteiger partial charge in [-0.3, -0.25) is 4.79 Å². The zero-order valence-electron chi connectivity index (χ0n) is 11.7. The highest BCUT2D eigenvalue weighted by molar-refractivity contribution is 6.40. The molecule has 2 rings (SSSR count). The number of ether oxygens (including phenoxy) is 2. The molecule has 0 aromatic heterocycles. The molecule has 0 aliphatic heterocycles. The summed E-state index contributed by atoms with van der Waals surface area (Å²) >= 11 is 0. The van der Waals surface area contributed by atoms with Crippen LogP contribution in [0.5, 0.6) is 11.5 Å². The fraction of sp³-hybridized carbons (Fsp3) is 0.125. The van der Waals surface area contributed by atoms with Crippen molar-refractivity contribution < 1.29 is 28.6 Å². The van der Waals surface area contributed by atoms with Crippen molar-refractivity contribution in [1.82, 2.24) is 0 Å². The van der Waals surface area contributed by atoms with E-state index >= 15 is 0 Å². The summed E-state index contributed by atoms with van der Waals surface area (Å²) in [6, 6.07) is 11.6. The van der Waals surface area contributed by atoms with Crippen molar-refractivity contribution >= 4 is 11.8 Å². The van der Waals surface area contributed by atoms with E-state index in [0.717, 1.165) is 5.56 Å². The smallest absolute Gasteiger partial charge is 0.377 e. The number of halogens is 1. The number of benzene rings is 2. The van der Waals surface area contributed by atoms with E-state index in [1.54, 1.807) is 12.1 Å². The first-order valence-corrected chi connectivity index (χ1v) is 6.35. The number of methoxy groups -OCH3 is 1. The van der Waals surface area contributed by atoms with Gasteiger partial charge in [0.1, 0.15) is 17.9 Å². The minimum absolute atomic E-state index is 0.0881. The van der Waals surface area contributed by atoms with Gasteiger partial charge in [-0.15, -0.1) is 0 Å². The third-order valence-electron chi connectivity index (χ3n) is 2.95. The first-order valence-electron chi connectivity index (χ1n) is 6.35.